The van der Waals surface area contributed by atoms with Crippen LogP contribution in [0, 0.1) is 6.92 Å². The summed E-state index contributed by atoms with van der Waals surface area (Å²) >= 11 is 0. The van der Waals surface area contributed by atoms with Crippen molar-refractivity contribution in [3.8, 4) is 0 Å². The monoisotopic (exact) mass is 296 g/mol. The maximum absolute atomic E-state index is 12.5. The molecular weight excluding hydrogens is 276 g/mol. The van der Waals surface area contributed by atoms with Gasteiger partial charge in [-0.25, -0.2) is 9.97 Å². The van der Waals surface area contributed by atoms with Gasteiger partial charge >= 0.3 is 0 Å². The number of likely N-dealkylation sites (tertiary alicyclic amines) is 1. The summed E-state index contributed by atoms with van der Waals surface area (Å²) in [6.07, 6.45) is 5.25. The van der Waals surface area contributed by atoms with Gasteiger partial charge in [0.2, 0.25) is 0 Å². The second-order valence-electron chi connectivity index (χ2n) is 6.07. The molecule has 0 saturated carbocycles. The minimum Gasteiger partial charge on any atom is -0.337 e. The van der Waals surface area contributed by atoms with Gasteiger partial charge in [0, 0.05) is 43.5 Å². The van der Waals surface area contributed by atoms with Gasteiger partial charge in [-0.2, -0.15) is 0 Å². The van der Waals surface area contributed by atoms with Crippen LogP contribution in [0.5, 0.6) is 0 Å². The van der Waals surface area contributed by atoms with Crippen LogP contribution in [0.4, 0.5) is 0 Å². The molecule has 22 heavy (non-hydrogen) atoms. The molecule has 0 atom stereocenters. The molecule has 0 unspecified atom stereocenters. The van der Waals surface area contributed by atoms with Crippen molar-refractivity contribution in [1.82, 2.24) is 19.9 Å². The molecule has 2 aromatic rings. The van der Waals surface area contributed by atoms with Crippen LogP contribution < -0.4 is 0 Å². The zero-order chi connectivity index (χ0) is 15.7. The molecule has 1 fully saturated rings. The van der Waals surface area contributed by atoms with Crippen LogP contribution in [0.15, 0.2) is 30.7 Å². The second kappa shape index (κ2) is 5.83. The van der Waals surface area contributed by atoms with Gasteiger partial charge in [0.1, 0.15) is 5.82 Å². The topological polar surface area (TPSA) is 59.0 Å². The van der Waals surface area contributed by atoms with Crippen LogP contribution in [-0.2, 0) is 0 Å². The molecule has 5 heteroatoms. The van der Waals surface area contributed by atoms with Gasteiger partial charge in [-0.05, 0) is 24.6 Å². The van der Waals surface area contributed by atoms with E-state index in [1.54, 1.807) is 18.6 Å². The van der Waals surface area contributed by atoms with E-state index in [9.17, 15) is 4.79 Å². The van der Waals surface area contributed by atoms with Crippen molar-refractivity contribution in [1.29, 1.82) is 0 Å². The third-order valence-corrected chi connectivity index (χ3v) is 4.09. The fourth-order valence-electron chi connectivity index (χ4n) is 2.63. The highest BCUT2D eigenvalue weighted by Crippen LogP contribution is 2.28. The summed E-state index contributed by atoms with van der Waals surface area (Å²) in [4.78, 5) is 27.2. The van der Waals surface area contributed by atoms with Gasteiger partial charge in [0.15, 0.2) is 0 Å². The lowest BCUT2D eigenvalue weighted by atomic mass is 9.91. The van der Waals surface area contributed by atoms with Crippen LogP contribution in [0.3, 0.4) is 0 Å². The zero-order valence-corrected chi connectivity index (χ0v) is 13.2. The maximum atomic E-state index is 12.5. The molecule has 2 aromatic heterocycles. The van der Waals surface area contributed by atoms with Crippen LogP contribution in [0.25, 0.3) is 0 Å². The summed E-state index contributed by atoms with van der Waals surface area (Å²) in [5, 5.41) is 0. The largest absolute Gasteiger partial charge is 0.337 e. The van der Waals surface area contributed by atoms with E-state index < -0.39 is 0 Å². The summed E-state index contributed by atoms with van der Waals surface area (Å²) in [5.74, 6) is 1.48. The number of pyridine rings is 1. The Morgan fingerprint density at radius 1 is 1.27 bits per heavy atom. The molecule has 1 aliphatic rings. The number of aromatic nitrogens is 3. The van der Waals surface area contributed by atoms with Gasteiger partial charge in [-0.1, -0.05) is 13.8 Å². The van der Waals surface area contributed by atoms with E-state index in [1.165, 1.54) is 5.56 Å². The molecule has 0 aliphatic carbocycles. The number of carbonyl (C=O) groups excluding carboxylic acids is 1. The first-order valence-electron chi connectivity index (χ1n) is 7.59. The third-order valence-electron chi connectivity index (χ3n) is 4.09. The van der Waals surface area contributed by atoms with E-state index in [4.69, 9.17) is 0 Å². The molecular formula is C17H20N4O. The van der Waals surface area contributed by atoms with Crippen LogP contribution in [-0.4, -0.2) is 38.8 Å². The first-order chi connectivity index (χ1) is 10.6. The normalized spacial score (nSPS) is 15.0. The van der Waals surface area contributed by atoms with Gasteiger partial charge in [0.25, 0.3) is 5.91 Å². The molecule has 3 heterocycles. The molecule has 5 nitrogen and oxygen atoms in total. The Labute approximate surface area is 130 Å². The maximum Gasteiger partial charge on any atom is 0.257 e. The van der Waals surface area contributed by atoms with Crippen molar-refractivity contribution in [3.05, 3.63) is 53.4 Å². The molecule has 0 radical (unpaired) electrons. The fraction of sp³-hybridized carbons (Fsp3) is 0.412. The van der Waals surface area contributed by atoms with Crippen molar-refractivity contribution in [2.75, 3.05) is 13.1 Å². The van der Waals surface area contributed by atoms with Crippen LogP contribution in [0.1, 0.15) is 53.1 Å². The Hall–Kier alpha value is -2.30. The Bertz CT molecular complexity index is 678. The van der Waals surface area contributed by atoms with E-state index in [2.05, 4.69) is 15.0 Å². The first kappa shape index (κ1) is 14.6. The van der Waals surface area contributed by atoms with Crippen molar-refractivity contribution < 1.29 is 4.79 Å². The predicted octanol–water partition coefficient (Wildman–Crippen LogP) is 2.54. The van der Waals surface area contributed by atoms with E-state index in [0.717, 1.165) is 24.6 Å². The van der Waals surface area contributed by atoms with Gasteiger partial charge in [0.05, 0.1) is 11.3 Å². The van der Waals surface area contributed by atoms with Crippen molar-refractivity contribution in [2.45, 2.75) is 32.6 Å². The predicted molar refractivity (Wildman–Crippen MR) is 83.7 cm³/mol. The zero-order valence-electron chi connectivity index (χ0n) is 13.2. The highest BCUT2D eigenvalue weighted by molar-refractivity contribution is 5.95. The quantitative estimate of drug-likeness (QED) is 0.873. The first-order valence-corrected chi connectivity index (χ1v) is 7.59. The fourth-order valence-corrected chi connectivity index (χ4v) is 2.63. The van der Waals surface area contributed by atoms with E-state index in [-0.39, 0.29) is 11.8 Å². The highest BCUT2D eigenvalue weighted by Gasteiger charge is 2.33. The van der Waals surface area contributed by atoms with Crippen molar-refractivity contribution in [3.63, 3.8) is 0 Å². The molecule has 1 aliphatic heterocycles. The van der Waals surface area contributed by atoms with E-state index >= 15 is 0 Å². The average molecular weight is 296 g/mol. The Morgan fingerprint density at radius 2 is 1.95 bits per heavy atom. The lowest BCUT2D eigenvalue weighted by molar-refractivity contribution is 0.0600. The number of hydrogen-bond donors (Lipinski definition) is 0. The van der Waals surface area contributed by atoms with Crippen molar-refractivity contribution in [2.24, 2.45) is 0 Å². The molecule has 0 bridgehead atoms. The Balaban J connectivity index is 1.69. The standard InChI is InChI=1S/C17H20N4O/c1-11(2)16-19-8-15(12(3)20-16)17(22)21-9-14(10-21)13-4-6-18-7-5-13/h4-8,11,14H,9-10H2,1-3H3. The molecule has 0 N–H and O–H groups in total. The smallest absolute Gasteiger partial charge is 0.257 e. The van der Waals surface area contributed by atoms with Gasteiger partial charge in [-0.15, -0.1) is 0 Å². The molecule has 1 saturated heterocycles. The number of carbonyl (C=O) groups is 1. The van der Waals surface area contributed by atoms with Crippen LogP contribution >= 0.6 is 0 Å². The van der Waals surface area contributed by atoms with E-state index in [1.807, 2.05) is 37.8 Å². The summed E-state index contributed by atoms with van der Waals surface area (Å²) in [7, 11) is 0. The molecule has 0 spiro atoms. The molecule has 3 rings (SSSR count). The number of nitrogens with zero attached hydrogens (tertiary/aromatic N) is 4. The lowest BCUT2D eigenvalue weighted by Gasteiger charge is -2.39. The summed E-state index contributed by atoms with van der Waals surface area (Å²) in [5.41, 5.74) is 2.61. The summed E-state index contributed by atoms with van der Waals surface area (Å²) in [6.45, 7) is 7.46. The SMILES string of the molecule is Cc1nc(C(C)C)ncc1C(=O)N1CC(c2ccncc2)C1. The van der Waals surface area contributed by atoms with Crippen molar-refractivity contribution >= 4 is 5.91 Å². The Morgan fingerprint density at radius 3 is 2.55 bits per heavy atom. The van der Waals surface area contributed by atoms with E-state index in [0.29, 0.717) is 11.5 Å². The summed E-state index contributed by atoms with van der Waals surface area (Å²) in [6, 6.07) is 4.02. The highest BCUT2D eigenvalue weighted by atomic mass is 16.2. The number of rotatable bonds is 3. The molecule has 0 aromatic carbocycles. The molecule has 1 amide bonds. The number of hydrogen-bond acceptors (Lipinski definition) is 4. The minimum atomic E-state index is 0.0260. The second-order valence-corrected chi connectivity index (χ2v) is 6.07. The summed E-state index contributed by atoms with van der Waals surface area (Å²) < 4.78 is 0. The minimum absolute atomic E-state index is 0.0260. The van der Waals surface area contributed by atoms with Gasteiger partial charge in [-0.3, -0.25) is 9.78 Å². The van der Waals surface area contributed by atoms with Crippen LogP contribution in [0.2, 0.25) is 0 Å². The average Bonchev–Trinajstić information content (AvgIpc) is 2.46. The van der Waals surface area contributed by atoms with Gasteiger partial charge < -0.3 is 4.90 Å². The number of aryl methyl sites for hydroxylation is 1. The number of amides is 1. The molecule has 114 valence electrons. The lowest BCUT2D eigenvalue weighted by Crippen LogP contribution is -2.48. The Kier molecular flexibility index (Phi) is 3.88. The third kappa shape index (κ3) is 2.71.